The number of rotatable bonds is 4. The van der Waals surface area contributed by atoms with Crippen LogP contribution in [0.1, 0.15) is 54.6 Å². The molecule has 2 aromatic heterocycles. The minimum atomic E-state index is -0.354. The van der Waals surface area contributed by atoms with Crippen LogP contribution in [0, 0.1) is 12.8 Å². The molecule has 0 aliphatic heterocycles. The average molecular weight is 329 g/mol. The zero-order valence-corrected chi connectivity index (χ0v) is 13.9. The van der Waals surface area contributed by atoms with Crippen LogP contribution < -0.4 is 5.32 Å². The molecule has 24 heavy (non-hydrogen) atoms. The third-order valence-corrected chi connectivity index (χ3v) is 5.21. The van der Waals surface area contributed by atoms with E-state index in [0.717, 1.165) is 25.1 Å². The molecule has 0 unspecified atom stereocenters. The Kier molecular flexibility index (Phi) is 4.18. The Morgan fingerprint density at radius 2 is 2.12 bits per heavy atom. The highest BCUT2D eigenvalue weighted by Gasteiger charge is 2.36. The van der Waals surface area contributed by atoms with Crippen LogP contribution in [0.5, 0.6) is 0 Å². The predicted octanol–water partition coefficient (Wildman–Crippen LogP) is 2.01. The smallest absolute Gasteiger partial charge is 0.229 e. The lowest BCUT2D eigenvalue weighted by molar-refractivity contribution is 0.137. The van der Waals surface area contributed by atoms with E-state index in [1.54, 1.807) is 6.33 Å². The summed E-state index contributed by atoms with van der Waals surface area (Å²) < 4.78 is 5.27. The number of hydrogen-bond donors (Lipinski definition) is 2. The monoisotopic (exact) mass is 329 g/mol. The molecule has 0 bridgehead atoms. The fraction of sp³-hybridized carbons (Fsp3) is 0.647. The normalized spacial score (nSPS) is 26.3. The highest BCUT2D eigenvalue weighted by Crippen LogP contribution is 2.38. The summed E-state index contributed by atoms with van der Waals surface area (Å²) in [6.07, 6.45) is 7.29. The van der Waals surface area contributed by atoms with Gasteiger partial charge in [-0.05, 0) is 45.4 Å². The van der Waals surface area contributed by atoms with E-state index < -0.39 is 0 Å². The molecule has 128 valence electrons. The Morgan fingerprint density at radius 3 is 2.96 bits per heavy atom. The van der Waals surface area contributed by atoms with Gasteiger partial charge >= 0.3 is 0 Å². The maximum absolute atomic E-state index is 10.4. The molecule has 4 rings (SSSR count). The molecule has 0 saturated heterocycles. The van der Waals surface area contributed by atoms with E-state index in [1.165, 1.54) is 24.1 Å². The number of aliphatic hydroxyl groups excluding tert-OH is 1. The lowest BCUT2D eigenvalue weighted by Gasteiger charge is -2.20. The summed E-state index contributed by atoms with van der Waals surface area (Å²) in [5.41, 5.74) is 2.42. The molecular weight excluding hydrogens is 306 g/mol. The molecule has 2 aromatic rings. The molecule has 2 aliphatic rings. The van der Waals surface area contributed by atoms with Crippen molar-refractivity contribution < 1.29 is 9.63 Å². The van der Waals surface area contributed by atoms with Crippen molar-refractivity contribution in [3.63, 3.8) is 0 Å². The van der Waals surface area contributed by atoms with Crippen LogP contribution in [0.4, 0.5) is 5.82 Å². The minimum Gasteiger partial charge on any atom is -0.393 e. The standard InChI is InChI=1S/C17H23N5O2/c1-10-21-17(24-22-10)11-6-12(15(23)7-11)8-18-16-13-4-2-3-5-14(13)19-9-20-16/h9,11-12,15,23H,2-8H2,1H3,(H,18,19,20)/t11-,12+,15+/m0/s1. The SMILES string of the molecule is Cc1noc([C@H]2C[C@H](CNc3ncnc4c3CCCC4)[C@H](O)C2)n1. The van der Waals surface area contributed by atoms with E-state index in [1.807, 2.05) is 6.92 Å². The first-order valence-corrected chi connectivity index (χ1v) is 8.75. The molecule has 1 saturated carbocycles. The van der Waals surface area contributed by atoms with Gasteiger partial charge in [-0.1, -0.05) is 5.16 Å². The molecule has 7 nitrogen and oxygen atoms in total. The fourth-order valence-corrected chi connectivity index (χ4v) is 3.90. The van der Waals surface area contributed by atoms with Crippen LogP contribution >= 0.6 is 0 Å². The Balaban J connectivity index is 1.41. The van der Waals surface area contributed by atoms with Gasteiger partial charge in [0.2, 0.25) is 5.89 Å². The third-order valence-electron chi connectivity index (χ3n) is 5.21. The van der Waals surface area contributed by atoms with Gasteiger partial charge in [0.15, 0.2) is 5.82 Å². The van der Waals surface area contributed by atoms with Crippen LogP contribution in [0.15, 0.2) is 10.9 Å². The molecule has 0 amide bonds. The second-order valence-corrected chi connectivity index (χ2v) is 6.91. The lowest BCUT2D eigenvalue weighted by Crippen LogP contribution is -2.23. The Hall–Kier alpha value is -2.02. The summed E-state index contributed by atoms with van der Waals surface area (Å²) in [5.74, 6) is 2.54. The molecule has 3 atom stereocenters. The summed E-state index contributed by atoms with van der Waals surface area (Å²) in [5, 5.41) is 17.7. The average Bonchev–Trinajstić information content (AvgIpc) is 3.19. The summed E-state index contributed by atoms with van der Waals surface area (Å²) in [6, 6.07) is 0. The second kappa shape index (κ2) is 6.47. The Labute approximate surface area is 140 Å². The first-order chi connectivity index (χ1) is 11.7. The summed E-state index contributed by atoms with van der Waals surface area (Å²) >= 11 is 0. The molecule has 2 N–H and O–H groups in total. The van der Waals surface area contributed by atoms with Crippen molar-refractivity contribution in [3.8, 4) is 0 Å². The highest BCUT2D eigenvalue weighted by atomic mass is 16.5. The van der Waals surface area contributed by atoms with Gasteiger partial charge in [-0.15, -0.1) is 0 Å². The number of hydrogen-bond acceptors (Lipinski definition) is 7. The molecule has 2 heterocycles. The largest absolute Gasteiger partial charge is 0.393 e. The summed E-state index contributed by atoms with van der Waals surface area (Å²) in [4.78, 5) is 13.1. The van der Waals surface area contributed by atoms with Gasteiger partial charge in [0.1, 0.15) is 12.1 Å². The van der Waals surface area contributed by atoms with E-state index in [-0.39, 0.29) is 17.9 Å². The zero-order chi connectivity index (χ0) is 16.5. The van der Waals surface area contributed by atoms with Crippen LogP contribution in [-0.4, -0.2) is 37.9 Å². The molecule has 2 aliphatic carbocycles. The van der Waals surface area contributed by atoms with Crippen molar-refractivity contribution in [3.05, 3.63) is 29.3 Å². The zero-order valence-electron chi connectivity index (χ0n) is 13.9. The van der Waals surface area contributed by atoms with Gasteiger partial charge < -0.3 is 14.9 Å². The van der Waals surface area contributed by atoms with Gasteiger partial charge in [0, 0.05) is 29.6 Å². The van der Waals surface area contributed by atoms with Gasteiger partial charge in [0.25, 0.3) is 0 Å². The van der Waals surface area contributed by atoms with E-state index in [0.29, 0.717) is 24.7 Å². The van der Waals surface area contributed by atoms with E-state index in [4.69, 9.17) is 4.52 Å². The molecule has 0 spiro atoms. The number of anilines is 1. The first-order valence-electron chi connectivity index (χ1n) is 8.75. The quantitative estimate of drug-likeness (QED) is 0.885. The maximum atomic E-state index is 10.4. The van der Waals surface area contributed by atoms with Gasteiger partial charge in [-0.2, -0.15) is 4.98 Å². The molecule has 0 radical (unpaired) electrons. The van der Waals surface area contributed by atoms with Crippen LogP contribution in [0.25, 0.3) is 0 Å². The topological polar surface area (TPSA) is 97.0 Å². The third kappa shape index (κ3) is 3.00. The minimum absolute atomic E-state index is 0.146. The summed E-state index contributed by atoms with van der Waals surface area (Å²) in [6.45, 7) is 2.52. The van der Waals surface area contributed by atoms with Crippen molar-refractivity contribution in [2.75, 3.05) is 11.9 Å². The second-order valence-electron chi connectivity index (χ2n) is 6.91. The predicted molar refractivity (Wildman–Crippen MR) is 87.7 cm³/mol. The van der Waals surface area contributed by atoms with E-state index in [2.05, 4.69) is 25.4 Å². The van der Waals surface area contributed by atoms with Gasteiger partial charge in [-0.3, -0.25) is 0 Å². The molecular formula is C17H23N5O2. The number of nitrogens with one attached hydrogen (secondary N) is 1. The number of fused-ring (bicyclic) bond motifs is 1. The fourth-order valence-electron chi connectivity index (χ4n) is 3.90. The van der Waals surface area contributed by atoms with Crippen molar-refractivity contribution in [2.24, 2.45) is 5.92 Å². The van der Waals surface area contributed by atoms with E-state index >= 15 is 0 Å². The van der Waals surface area contributed by atoms with Crippen molar-refractivity contribution in [1.82, 2.24) is 20.1 Å². The Morgan fingerprint density at radius 1 is 1.25 bits per heavy atom. The molecule has 1 fully saturated rings. The molecule has 0 aromatic carbocycles. The molecule has 7 heteroatoms. The van der Waals surface area contributed by atoms with Crippen molar-refractivity contribution >= 4 is 5.82 Å². The summed E-state index contributed by atoms with van der Waals surface area (Å²) in [7, 11) is 0. The Bertz CT molecular complexity index is 717. The first kappa shape index (κ1) is 15.5. The lowest BCUT2D eigenvalue weighted by atomic mass is 9.96. The van der Waals surface area contributed by atoms with Crippen molar-refractivity contribution in [2.45, 2.75) is 57.5 Å². The maximum Gasteiger partial charge on any atom is 0.229 e. The van der Waals surface area contributed by atoms with Crippen molar-refractivity contribution in [1.29, 1.82) is 0 Å². The van der Waals surface area contributed by atoms with E-state index in [9.17, 15) is 5.11 Å². The van der Waals surface area contributed by atoms with Crippen LogP contribution in [-0.2, 0) is 12.8 Å². The number of aryl methyl sites for hydroxylation is 2. The van der Waals surface area contributed by atoms with Crippen LogP contribution in [0.3, 0.4) is 0 Å². The van der Waals surface area contributed by atoms with Crippen LogP contribution in [0.2, 0.25) is 0 Å². The highest BCUT2D eigenvalue weighted by molar-refractivity contribution is 5.47. The van der Waals surface area contributed by atoms with Gasteiger partial charge in [0.05, 0.1) is 6.10 Å². The number of aliphatic hydroxyl groups is 1. The number of nitrogens with zero attached hydrogens (tertiary/aromatic N) is 4. The van der Waals surface area contributed by atoms with Gasteiger partial charge in [-0.25, -0.2) is 9.97 Å². The number of aromatic nitrogens is 4.